The van der Waals surface area contributed by atoms with Gasteiger partial charge >= 0.3 is 0 Å². The zero-order valence-electron chi connectivity index (χ0n) is 9.23. The lowest BCUT2D eigenvalue weighted by molar-refractivity contribution is -0.384. The van der Waals surface area contributed by atoms with E-state index in [-0.39, 0.29) is 23.3 Å². The third-order valence-electron chi connectivity index (χ3n) is 2.76. The first-order valence-corrected chi connectivity index (χ1v) is 5.51. The second-order valence-electron chi connectivity index (χ2n) is 4.05. The van der Waals surface area contributed by atoms with Crippen LogP contribution < -0.4 is 10.6 Å². The molecular weight excluding hydrogens is 224 g/mol. The summed E-state index contributed by atoms with van der Waals surface area (Å²) in [5, 5.41) is 16.5. The van der Waals surface area contributed by atoms with Crippen LogP contribution in [0.15, 0.2) is 12.3 Å². The van der Waals surface area contributed by atoms with Crippen molar-refractivity contribution in [3.8, 4) is 0 Å². The minimum absolute atomic E-state index is 0.0959. The molecule has 1 atom stereocenters. The van der Waals surface area contributed by atoms with Crippen molar-refractivity contribution in [1.82, 2.24) is 15.6 Å². The number of nitrogens with zero attached hydrogens (tertiary/aromatic N) is 1. The zero-order chi connectivity index (χ0) is 12.3. The summed E-state index contributed by atoms with van der Waals surface area (Å²) in [5.41, 5.74) is 0.124. The van der Waals surface area contributed by atoms with Crippen LogP contribution in [-0.4, -0.2) is 34.9 Å². The largest absolute Gasteiger partial charge is 0.351 e. The van der Waals surface area contributed by atoms with E-state index < -0.39 is 4.92 Å². The maximum absolute atomic E-state index is 11.8. The number of H-pyrrole nitrogens is 1. The number of rotatable bonds is 3. The van der Waals surface area contributed by atoms with Crippen molar-refractivity contribution < 1.29 is 9.72 Å². The highest BCUT2D eigenvalue weighted by Gasteiger charge is 2.19. The monoisotopic (exact) mass is 238 g/mol. The molecule has 0 aliphatic carbocycles. The van der Waals surface area contributed by atoms with Gasteiger partial charge in [0.15, 0.2) is 0 Å². The summed E-state index contributed by atoms with van der Waals surface area (Å²) in [7, 11) is 0. The Morgan fingerprint density at radius 2 is 2.41 bits per heavy atom. The molecule has 1 amide bonds. The van der Waals surface area contributed by atoms with Gasteiger partial charge in [0.1, 0.15) is 5.69 Å². The van der Waals surface area contributed by atoms with Gasteiger partial charge in [0.05, 0.1) is 11.1 Å². The van der Waals surface area contributed by atoms with Crippen LogP contribution in [-0.2, 0) is 0 Å². The molecule has 0 unspecified atom stereocenters. The van der Waals surface area contributed by atoms with E-state index in [9.17, 15) is 14.9 Å². The Hall–Kier alpha value is -1.89. The van der Waals surface area contributed by atoms with Gasteiger partial charge in [-0.2, -0.15) is 0 Å². The molecule has 0 saturated carbocycles. The van der Waals surface area contributed by atoms with Gasteiger partial charge in [-0.05, 0) is 19.4 Å². The number of nitrogens with one attached hydrogen (secondary N) is 3. The topological polar surface area (TPSA) is 100 Å². The first-order valence-electron chi connectivity index (χ1n) is 5.51. The average molecular weight is 238 g/mol. The molecule has 1 aromatic rings. The predicted molar refractivity (Wildman–Crippen MR) is 60.8 cm³/mol. The van der Waals surface area contributed by atoms with E-state index in [0.29, 0.717) is 0 Å². The Labute approximate surface area is 97.7 Å². The molecule has 0 aromatic carbocycles. The number of aromatic nitrogens is 1. The highest BCUT2D eigenvalue weighted by Crippen LogP contribution is 2.12. The molecular formula is C10H14N4O3. The molecule has 1 saturated heterocycles. The van der Waals surface area contributed by atoms with Crippen LogP contribution in [0.3, 0.4) is 0 Å². The van der Waals surface area contributed by atoms with E-state index in [0.717, 1.165) is 25.9 Å². The Balaban J connectivity index is 1.96. The summed E-state index contributed by atoms with van der Waals surface area (Å²) in [6, 6.07) is 1.34. The summed E-state index contributed by atoms with van der Waals surface area (Å²) in [5.74, 6) is -0.299. The van der Waals surface area contributed by atoms with E-state index in [2.05, 4.69) is 15.6 Å². The average Bonchev–Trinajstić information content (AvgIpc) is 2.79. The number of amides is 1. The Bertz CT molecular complexity index is 423. The zero-order valence-corrected chi connectivity index (χ0v) is 9.23. The smallest absolute Gasteiger partial charge is 0.287 e. The molecule has 1 fully saturated rings. The highest BCUT2D eigenvalue weighted by atomic mass is 16.6. The molecule has 3 N–H and O–H groups in total. The first kappa shape index (κ1) is 11.6. The molecule has 0 spiro atoms. The summed E-state index contributed by atoms with van der Waals surface area (Å²) in [6.45, 7) is 1.72. The van der Waals surface area contributed by atoms with Gasteiger partial charge in [-0.3, -0.25) is 14.9 Å². The summed E-state index contributed by atoms with van der Waals surface area (Å²) in [6.07, 6.45) is 3.17. The lowest BCUT2D eigenvalue weighted by Crippen LogP contribution is -2.45. The summed E-state index contributed by atoms with van der Waals surface area (Å²) < 4.78 is 0. The van der Waals surface area contributed by atoms with Crippen molar-refractivity contribution in [3.05, 3.63) is 28.1 Å². The van der Waals surface area contributed by atoms with E-state index in [4.69, 9.17) is 0 Å². The van der Waals surface area contributed by atoms with Crippen molar-refractivity contribution in [2.24, 2.45) is 0 Å². The van der Waals surface area contributed by atoms with Crippen LogP contribution >= 0.6 is 0 Å². The second-order valence-corrected chi connectivity index (χ2v) is 4.05. The number of hydrogen-bond donors (Lipinski definition) is 3. The summed E-state index contributed by atoms with van der Waals surface area (Å²) in [4.78, 5) is 24.3. The minimum atomic E-state index is -0.532. The van der Waals surface area contributed by atoms with E-state index in [1.165, 1.54) is 12.3 Å². The van der Waals surface area contributed by atoms with Gasteiger partial charge in [0, 0.05) is 18.7 Å². The third kappa shape index (κ3) is 2.82. The van der Waals surface area contributed by atoms with Crippen LogP contribution in [0.25, 0.3) is 0 Å². The van der Waals surface area contributed by atoms with Gasteiger partial charge < -0.3 is 15.6 Å². The maximum Gasteiger partial charge on any atom is 0.287 e. The lowest BCUT2D eigenvalue weighted by Gasteiger charge is -2.23. The van der Waals surface area contributed by atoms with Crippen LogP contribution in [0, 0.1) is 10.1 Å². The quantitative estimate of drug-likeness (QED) is 0.524. The van der Waals surface area contributed by atoms with Crippen molar-refractivity contribution in [2.75, 3.05) is 13.1 Å². The van der Waals surface area contributed by atoms with Gasteiger partial charge in [-0.15, -0.1) is 0 Å². The van der Waals surface area contributed by atoms with Crippen molar-refractivity contribution >= 4 is 11.6 Å². The predicted octanol–water partition coefficient (Wildman–Crippen LogP) is 0.405. The Morgan fingerprint density at radius 1 is 1.59 bits per heavy atom. The number of aromatic amines is 1. The lowest BCUT2D eigenvalue weighted by atomic mass is 10.1. The van der Waals surface area contributed by atoms with Crippen LogP contribution in [0.4, 0.5) is 5.69 Å². The highest BCUT2D eigenvalue weighted by molar-refractivity contribution is 5.93. The fourth-order valence-electron chi connectivity index (χ4n) is 1.86. The Morgan fingerprint density at radius 3 is 3.00 bits per heavy atom. The summed E-state index contributed by atoms with van der Waals surface area (Å²) >= 11 is 0. The second kappa shape index (κ2) is 4.96. The van der Waals surface area contributed by atoms with E-state index in [1.54, 1.807) is 0 Å². The maximum atomic E-state index is 11.8. The van der Waals surface area contributed by atoms with Gasteiger partial charge in [-0.1, -0.05) is 0 Å². The fourth-order valence-corrected chi connectivity index (χ4v) is 1.86. The number of carbonyl (C=O) groups is 1. The molecule has 17 heavy (non-hydrogen) atoms. The number of carbonyl (C=O) groups excluding carboxylic acids is 1. The standard InChI is InChI=1S/C10H14N4O3/c15-10(13-7-2-1-3-11-5-7)9-4-8(6-12-9)14(16)17/h4,6-7,11-12H,1-3,5H2,(H,13,15)/t7-/m0/s1. The molecule has 1 aliphatic rings. The van der Waals surface area contributed by atoms with Crippen LogP contribution in [0.1, 0.15) is 23.3 Å². The molecule has 7 nitrogen and oxygen atoms in total. The third-order valence-corrected chi connectivity index (χ3v) is 2.76. The fraction of sp³-hybridized carbons (Fsp3) is 0.500. The van der Waals surface area contributed by atoms with Gasteiger partial charge in [0.25, 0.3) is 11.6 Å². The molecule has 1 aliphatic heterocycles. The first-order chi connectivity index (χ1) is 8.16. The van der Waals surface area contributed by atoms with Gasteiger partial charge in [0.2, 0.25) is 0 Å². The van der Waals surface area contributed by atoms with Crippen molar-refractivity contribution in [2.45, 2.75) is 18.9 Å². The van der Waals surface area contributed by atoms with Gasteiger partial charge in [-0.25, -0.2) is 0 Å². The molecule has 0 radical (unpaired) electrons. The van der Waals surface area contributed by atoms with Crippen molar-refractivity contribution in [1.29, 1.82) is 0 Å². The molecule has 2 rings (SSSR count). The number of piperidine rings is 1. The molecule has 7 heteroatoms. The van der Waals surface area contributed by atoms with E-state index >= 15 is 0 Å². The number of hydrogen-bond acceptors (Lipinski definition) is 4. The van der Waals surface area contributed by atoms with E-state index in [1.807, 2.05) is 0 Å². The SMILES string of the molecule is O=C(N[C@H]1CCCNC1)c1cc([N+](=O)[O-])c[nH]1. The Kier molecular flexibility index (Phi) is 3.38. The molecule has 92 valence electrons. The molecule has 1 aromatic heterocycles. The molecule has 2 heterocycles. The normalized spacial score (nSPS) is 19.9. The molecule has 0 bridgehead atoms. The minimum Gasteiger partial charge on any atom is -0.351 e. The number of nitro groups is 1. The van der Waals surface area contributed by atoms with Crippen LogP contribution in [0.2, 0.25) is 0 Å². The van der Waals surface area contributed by atoms with Crippen molar-refractivity contribution in [3.63, 3.8) is 0 Å². The van der Waals surface area contributed by atoms with Crippen LogP contribution in [0.5, 0.6) is 0 Å².